The molecular formula is C13H10N3Na. The summed E-state index contributed by atoms with van der Waals surface area (Å²) in [4.78, 5) is 1.50. The minimum atomic E-state index is 0. The Balaban J connectivity index is 0.000000331. The number of nitrogens with zero attached hydrogens (tertiary/aromatic N) is 3. The van der Waals surface area contributed by atoms with E-state index in [1.807, 2.05) is 0 Å². The predicted molar refractivity (Wildman–Crippen MR) is 64.8 cm³/mol. The number of benzene rings is 2. The van der Waals surface area contributed by atoms with Gasteiger partial charge in [0.1, 0.15) is 0 Å². The Labute approximate surface area is 122 Å². The molecule has 0 aliphatic heterocycles. The average molecular weight is 231 g/mol. The van der Waals surface area contributed by atoms with E-state index in [1.54, 1.807) is 0 Å². The van der Waals surface area contributed by atoms with Gasteiger partial charge in [-0.3, -0.25) is 4.91 Å². The average Bonchev–Trinajstić information content (AvgIpc) is 2.68. The standard InChI is InChI=1S/C13H10.N3.Na/c1-3-7-12-10(5-1)9-11-6-2-4-8-13(11)12;1-3-2;/h1-8H,9H2;;/q;-1;+1. The van der Waals surface area contributed by atoms with Crippen molar-refractivity contribution in [3.8, 4) is 11.1 Å². The predicted octanol–water partition coefficient (Wildman–Crippen LogP) is 1.13. The van der Waals surface area contributed by atoms with Crippen molar-refractivity contribution >= 4 is 0 Å². The summed E-state index contributed by atoms with van der Waals surface area (Å²) >= 11 is 0. The molecule has 0 heterocycles. The van der Waals surface area contributed by atoms with Crippen LogP contribution in [0.15, 0.2) is 48.5 Å². The van der Waals surface area contributed by atoms with E-state index in [9.17, 15) is 0 Å². The molecule has 78 valence electrons. The van der Waals surface area contributed by atoms with Gasteiger partial charge in [-0.05, 0) is 28.7 Å². The zero-order valence-corrected chi connectivity index (χ0v) is 11.7. The van der Waals surface area contributed by atoms with Crippen LogP contribution in [0.1, 0.15) is 11.1 Å². The molecule has 0 spiro atoms. The second-order valence-corrected chi connectivity index (χ2v) is 3.58. The molecule has 0 saturated carbocycles. The monoisotopic (exact) mass is 231 g/mol. The van der Waals surface area contributed by atoms with Gasteiger partial charge in [-0.2, -0.15) is 0 Å². The first kappa shape index (κ1) is 13.8. The molecule has 0 fully saturated rings. The zero-order chi connectivity index (χ0) is 11.4. The first-order chi connectivity index (χ1) is 7.86. The van der Waals surface area contributed by atoms with Crippen LogP contribution in [0.4, 0.5) is 0 Å². The smallest absolute Gasteiger partial charge is 0.373 e. The van der Waals surface area contributed by atoms with Crippen molar-refractivity contribution in [2.75, 3.05) is 0 Å². The van der Waals surface area contributed by atoms with E-state index in [0.717, 1.165) is 6.42 Å². The molecule has 1 aliphatic carbocycles. The first-order valence-corrected chi connectivity index (χ1v) is 5.01. The molecule has 3 nitrogen and oxygen atoms in total. The van der Waals surface area contributed by atoms with Gasteiger partial charge in [0.05, 0.1) is 0 Å². The van der Waals surface area contributed by atoms with Crippen molar-refractivity contribution in [1.29, 1.82) is 0 Å². The maximum Gasteiger partial charge on any atom is 1.00 e. The number of hydrogen-bond acceptors (Lipinski definition) is 0. The molecule has 0 unspecified atom stereocenters. The third kappa shape index (κ3) is 2.90. The van der Waals surface area contributed by atoms with Crippen molar-refractivity contribution in [3.63, 3.8) is 0 Å². The summed E-state index contributed by atoms with van der Waals surface area (Å²) in [6, 6.07) is 17.3. The molecule has 0 radical (unpaired) electrons. The Morgan fingerprint density at radius 2 is 1.12 bits per heavy atom. The van der Waals surface area contributed by atoms with Gasteiger partial charge in [-0.25, -0.2) is 0 Å². The van der Waals surface area contributed by atoms with Crippen LogP contribution in [-0.2, 0) is 6.42 Å². The fraction of sp³-hybridized carbons (Fsp3) is 0.0769. The number of hydrogen-bond donors (Lipinski definition) is 0. The van der Waals surface area contributed by atoms with E-state index < -0.39 is 0 Å². The van der Waals surface area contributed by atoms with Crippen LogP contribution in [0, 0.1) is 0 Å². The van der Waals surface area contributed by atoms with Crippen molar-refractivity contribution in [2.24, 2.45) is 0 Å². The summed E-state index contributed by atoms with van der Waals surface area (Å²) in [5.41, 5.74) is 19.3. The van der Waals surface area contributed by atoms with E-state index in [-0.39, 0.29) is 29.6 Å². The quantitative estimate of drug-likeness (QED) is 0.241. The van der Waals surface area contributed by atoms with Gasteiger partial charge in [-0.1, -0.05) is 48.5 Å². The van der Waals surface area contributed by atoms with Crippen molar-refractivity contribution in [3.05, 3.63) is 75.6 Å². The summed E-state index contributed by atoms with van der Waals surface area (Å²) in [7, 11) is 0. The Morgan fingerprint density at radius 1 is 0.765 bits per heavy atom. The van der Waals surface area contributed by atoms with Crippen LogP contribution >= 0.6 is 0 Å². The van der Waals surface area contributed by atoms with E-state index in [0.29, 0.717) is 0 Å². The van der Waals surface area contributed by atoms with Crippen LogP contribution < -0.4 is 29.6 Å². The zero-order valence-electron chi connectivity index (χ0n) is 9.67. The summed E-state index contributed by atoms with van der Waals surface area (Å²) < 4.78 is 0. The molecule has 17 heavy (non-hydrogen) atoms. The van der Waals surface area contributed by atoms with Crippen LogP contribution in [0.2, 0.25) is 0 Å². The molecule has 0 N–H and O–H groups in total. The van der Waals surface area contributed by atoms with Crippen molar-refractivity contribution < 1.29 is 29.6 Å². The van der Waals surface area contributed by atoms with Crippen molar-refractivity contribution in [2.45, 2.75) is 6.42 Å². The summed E-state index contributed by atoms with van der Waals surface area (Å²) in [5.74, 6) is 0. The topological polar surface area (TPSA) is 58.7 Å². The minimum absolute atomic E-state index is 0. The van der Waals surface area contributed by atoms with Crippen molar-refractivity contribution in [1.82, 2.24) is 0 Å². The largest absolute Gasteiger partial charge is 1.00 e. The third-order valence-electron chi connectivity index (χ3n) is 2.71. The molecule has 2 aromatic carbocycles. The Kier molecular flexibility index (Phi) is 5.26. The van der Waals surface area contributed by atoms with Gasteiger partial charge in [0, 0.05) is 0 Å². The third-order valence-corrected chi connectivity index (χ3v) is 2.71. The maximum atomic E-state index is 6.75. The second kappa shape index (κ2) is 6.48. The van der Waals surface area contributed by atoms with Crippen LogP contribution in [0.3, 0.4) is 0 Å². The molecule has 3 rings (SSSR count). The maximum absolute atomic E-state index is 6.75. The number of rotatable bonds is 0. The van der Waals surface area contributed by atoms with Crippen LogP contribution in [-0.4, -0.2) is 0 Å². The van der Waals surface area contributed by atoms with Gasteiger partial charge in [-0.15, -0.1) is 0 Å². The second-order valence-electron chi connectivity index (χ2n) is 3.58. The Bertz CT molecular complexity index is 502. The molecule has 0 saturated heterocycles. The molecule has 0 atom stereocenters. The summed E-state index contributed by atoms with van der Waals surface area (Å²) in [6.07, 6.45) is 1.10. The summed E-state index contributed by atoms with van der Waals surface area (Å²) in [5, 5.41) is 0. The van der Waals surface area contributed by atoms with Gasteiger partial charge in [0.15, 0.2) is 0 Å². The van der Waals surface area contributed by atoms with E-state index in [2.05, 4.69) is 48.5 Å². The van der Waals surface area contributed by atoms with Gasteiger partial charge in [0.25, 0.3) is 0 Å². The van der Waals surface area contributed by atoms with Crippen LogP contribution in [0.25, 0.3) is 27.1 Å². The van der Waals surface area contributed by atoms with Gasteiger partial charge >= 0.3 is 29.6 Å². The van der Waals surface area contributed by atoms with E-state index in [1.165, 1.54) is 27.2 Å². The first-order valence-electron chi connectivity index (χ1n) is 5.01. The van der Waals surface area contributed by atoms with Crippen LogP contribution in [0.5, 0.6) is 0 Å². The molecule has 2 aromatic rings. The minimum Gasteiger partial charge on any atom is -0.373 e. The van der Waals surface area contributed by atoms with Gasteiger partial charge < -0.3 is 11.1 Å². The molecule has 1 aliphatic rings. The fourth-order valence-electron chi connectivity index (χ4n) is 2.08. The Morgan fingerprint density at radius 3 is 1.53 bits per heavy atom. The van der Waals surface area contributed by atoms with E-state index >= 15 is 0 Å². The Hall–Kier alpha value is -1.25. The fourth-order valence-corrected chi connectivity index (χ4v) is 2.08. The molecular weight excluding hydrogens is 221 g/mol. The normalized spacial score (nSPS) is 9.88. The molecule has 0 amide bonds. The van der Waals surface area contributed by atoms with Gasteiger partial charge in [0.2, 0.25) is 0 Å². The molecule has 4 heteroatoms. The molecule has 0 aromatic heterocycles. The SMILES string of the molecule is [N-]=[N+]=[N-].[Na+].c1ccc2c(c1)Cc1ccccc1-2. The van der Waals surface area contributed by atoms with E-state index in [4.69, 9.17) is 11.1 Å². The number of fused-ring (bicyclic) bond motifs is 3. The molecule has 0 bridgehead atoms. The summed E-state index contributed by atoms with van der Waals surface area (Å²) in [6.45, 7) is 0.